The Bertz CT molecular complexity index is 286. The first-order valence-electron chi connectivity index (χ1n) is 4.56. The number of imidazole rings is 1. The average Bonchev–Trinajstić information content (AvgIpc) is 2.71. The minimum atomic E-state index is 0.713. The van der Waals surface area contributed by atoms with Crippen LogP contribution < -0.4 is 0 Å². The van der Waals surface area contributed by atoms with Crippen molar-refractivity contribution in [3.05, 3.63) is 18.9 Å². The monoisotopic (exact) mass is 180 g/mol. The highest BCUT2D eigenvalue weighted by atomic mass is 15.0. The normalized spacial score (nSPS) is 8.00. The Balaban J connectivity index is 0.000000322. The van der Waals surface area contributed by atoms with Crippen molar-refractivity contribution in [3.8, 4) is 0 Å². The lowest BCUT2D eigenvalue weighted by atomic mass is 10.6. The number of H-pyrrole nitrogens is 1. The third-order valence-corrected chi connectivity index (χ3v) is 1.10. The van der Waals surface area contributed by atoms with Gasteiger partial charge in [0.15, 0.2) is 5.65 Å². The molecule has 4 nitrogen and oxygen atoms in total. The zero-order valence-electron chi connectivity index (χ0n) is 8.57. The van der Waals surface area contributed by atoms with Gasteiger partial charge in [0.25, 0.3) is 0 Å². The van der Waals surface area contributed by atoms with E-state index in [9.17, 15) is 0 Å². The molecule has 0 radical (unpaired) electrons. The maximum atomic E-state index is 3.91. The molecule has 2 aromatic rings. The summed E-state index contributed by atoms with van der Waals surface area (Å²) in [5.74, 6) is 0. The molecule has 2 heterocycles. The molecule has 0 unspecified atom stereocenters. The van der Waals surface area contributed by atoms with Crippen molar-refractivity contribution in [3.63, 3.8) is 0 Å². The summed E-state index contributed by atoms with van der Waals surface area (Å²) in [7, 11) is 0. The fraction of sp³-hybridized carbons (Fsp3) is 0.444. The van der Waals surface area contributed by atoms with Crippen molar-refractivity contribution in [2.24, 2.45) is 0 Å². The van der Waals surface area contributed by atoms with Gasteiger partial charge in [-0.1, -0.05) is 27.7 Å². The van der Waals surface area contributed by atoms with Gasteiger partial charge in [-0.2, -0.15) is 0 Å². The summed E-state index contributed by atoms with van der Waals surface area (Å²) >= 11 is 0. The average molecular weight is 180 g/mol. The molecule has 0 aliphatic carbocycles. The first-order valence-corrected chi connectivity index (χ1v) is 4.56. The van der Waals surface area contributed by atoms with E-state index in [-0.39, 0.29) is 0 Å². The topological polar surface area (TPSA) is 54.5 Å². The molecule has 2 aromatic heterocycles. The van der Waals surface area contributed by atoms with Crippen molar-refractivity contribution >= 4 is 11.2 Å². The van der Waals surface area contributed by atoms with Crippen LogP contribution in [0, 0.1) is 0 Å². The number of aromatic amines is 1. The zero-order chi connectivity index (χ0) is 10.1. The molecule has 0 aromatic carbocycles. The molecule has 72 valence electrons. The third kappa shape index (κ3) is 3.19. The van der Waals surface area contributed by atoms with Gasteiger partial charge in [-0.25, -0.2) is 15.0 Å². The number of nitrogens with zero attached hydrogens (tertiary/aromatic N) is 3. The molecular weight excluding hydrogens is 164 g/mol. The van der Waals surface area contributed by atoms with Crippen molar-refractivity contribution in [1.82, 2.24) is 19.9 Å². The van der Waals surface area contributed by atoms with Gasteiger partial charge in [-0.3, -0.25) is 0 Å². The summed E-state index contributed by atoms with van der Waals surface area (Å²) in [6, 6.07) is 0. The predicted molar refractivity (Wildman–Crippen MR) is 54.4 cm³/mol. The van der Waals surface area contributed by atoms with Crippen molar-refractivity contribution in [2.75, 3.05) is 0 Å². The Hall–Kier alpha value is -1.45. The molecule has 0 spiro atoms. The fourth-order valence-corrected chi connectivity index (χ4v) is 0.691. The SMILES string of the molecule is CC.CC.c1ncc2[nH]cnc2n1. The minimum absolute atomic E-state index is 0.713. The summed E-state index contributed by atoms with van der Waals surface area (Å²) in [5.41, 5.74) is 1.59. The van der Waals surface area contributed by atoms with Gasteiger partial charge < -0.3 is 4.98 Å². The molecule has 0 bridgehead atoms. The molecule has 0 amide bonds. The first kappa shape index (κ1) is 11.6. The molecule has 0 aliphatic heterocycles. The molecule has 4 heteroatoms. The van der Waals surface area contributed by atoms with Gasteiger partial charge in [0.1, 0.15) is 11.8 Å². The Morgan fingerprint density at radius 3 is 2.38 bits per heavy atom. The van der Waals surface area contributed by atoms with Crippen LogP contribution in [0.15, 0.2) is 18.9 Å². The van der Waals surface area contributed by atoms with Crippen LogP contribution in [0.25, 0.3) is 11.2 Å². The molecule has 0 aliphatic rings. The summed E-state index contributed by atoms with van der Waals surface area (Å²) in [6.07, 6.45) is 4.76. The Morgan fingerprint density at radius 2 is 1.77 bits per heavy atom. The van der Waals surface area contributed by atoms with Crippen molar-refractivity contribution in [2.45, 2.75) is 27.7 Å². The lowest BCUT2D eigenvalue weighted by Crippen LogP contribution is -1.76. The molecular formula is C9H16N4. The van der Waals surface area contributed by atoms with E-state index in [1.807, 2.05) is 27.7 Å². The largest absolute Gasteiger partial charge is 0.342 e. The number of aromatic nitrogens is 4. The third-order valence-electron chi connectivity index (χ3n) is 1.10. The predicted octanol–water partition coefficient (Wildman–Crippen LogP) is 2.41. The van der Waals surface area contributed by atoms with Gasteiger partial charge in [0.05, 0.1) is 12.5 Å². The van der Waals surface area contributed by atoms with E-state index in [0.717, 1.165) is 5.52 Å². The summed E-state index contributed by atoms with van der Waals surface area (Å²) in [5, 5.41) is 0. The van der Waals surface area contributed by atoms with Gasteiger partial charge in [0.2, 0.25) is 0 Å². The maximum Gasteiger partial charge on any atom is 0.180 e. The van der Waals surface area contributed by atoms with Crippen molar-refractivity contribution in [1.29, 1.82) is 0 Å². The van der Waals surface area contributed by atoms with Crippen LogP contribution >= 0.6 is 0 Å². The number of fused-ring (bicyclic) bond motifs is 1. The lowest BCUT2D eigenvalue weighted by Gasteiger charge is -1.80. The lowest BCUT2D eigenvalue weighted by molar-refractivity contribution is 1.20. The Kier molecular flexibility index (Phi) is 6.41. The molecule has 0 saturated heterocycles. The number of hydrogen-bond acceptors (Lipinski definition) is 3. The molecule has 0 fully saturated rings. The van der Waals surface area contributed by atoms with E-state index in [4.69, 9.17) is 0 Å². The van der Waals surface area contributed by atoms with E-state index < -0.39 is 0 Å². The van der Waals surface area contributed by atoms with Crippen LogP contribution in [0.4, 0.5) is 0 Å². The number of hydrogen-bond donors (Lipinski definition) is 1. The highest BCUT2D eigenvalue weighted by Gasteiger charge is 1.91. The second kappa shape index (κ2) is 7.21. The highest BCUT2D eigenvalue weighted by Crippen LogP contribution is 1.99. The van der Waals surface area contributed by atoms with Gasteiger partial charge in [-0.15, -0.1) is 0 Å². The zero-order valence-corrected chi connectivity index (χ0v) is 8.57. The van der Waals surface area contributed by atoms with E-state index in [2.05, 4.69) is 19.9 Å². The van der Waals surface area contributed by atoms with Crippen LogP contribution in [0.5, 0.6) is 0 Å². The van der Waals surface area contributed by atoms with Gasteiger partial charge >= 0.3 is 0 Å². The van der Waals surface area contributed by atoms with Crippen LogP contribution in [0.2, 0.25) is 0 Å². The van der Waals surface area contributed by atoms with Crippen molar-refractivity contribution < 1.29 is 0 Å². The van der Waals surface area contributed by atoms with E-state index in [0.29, 0.717) is 5.65 Å². The maximum absolute atomic E-state index is 3.91. The highest BCUT2D eigenvalue weighted by molar-refractivity contribution is 5.67. The minimum Gasteiger partial charge on any atom is -0.342 e. The smallest absolute Gasteiger partial charge is 0.180 e. The number of nitrogens with one attached hydrogen (secondary N) is 1. The second-order valence-corrected chi connectivity index (χ2v) is 1.66. The first-order chi connectivity index (χ1) is 6.47. The number of rotatable bonds is 0. The molecule has 13 heavy (non-hydrogen) atoms. The summed E-state index contributed by atoms with van der Waals surface area (Å²) < 4.78 is 0. The second-order valence-electron chi connectivity index (χ2n) is 1.66. The van der Waals surface area contributed by atoms with Crippen LogP contribution in [0.3, 0.4) is 0 Å². The Labute approximate surface area is 78.5 Å². The van der Waals surface area contributed by atoms with E-state index in [1.54, 1.807) is 12.5 Å². The molecule has 2 rings (SSSR count). The van der Waals surface area contributed by atoms with Gasteiger partial charge in [0, 0.05) is 0 Å². The van der Waals surface area contributed by atoms with Crippen LogP contribution in [-0.4, -0.2) is 19.9 Å². The molecule has 1 N–H and O–H groups in total. The summed E-state index contributed by atoms with van der Waals surface area (Å²) in [4.78, 5) is 14.5. The quantitative estimate of drug-likeness (QED) is 0.677. The molecule has 0 saturated carbocycles. The van der Waals surface area contributed by atoms with Crippen LogP contribution in [0.1, 0.15) is 27.7 Å². The van der Waals surface area contributed by atoms with Gasteiger partial charge in [-0.05, 0) is 0 Å². The molecule has 0 atom stereocenters. The Morgan fingerprint density at radius 1 is 1.08 bits per heavy atom. The van der Waals surface area contributed by atoms with Crippen LogP contribution in [-0.2, 0) is 0 Å². The van der Waals surface area contributed by atoms with E-state index >= 15 is 0 Å². The fourth-order valence-electron chi connectivity index (χ4n) is 0.691. The standard InChI is InChI=1S/C5H4N4.2C2H6/c1-4-5(8-2-6-1)9-3-7-4;2*1-2/h1-3H,(H,6,7,8,9);2*1-2H3. The van der Waals surface area contributed by atoms with E-state index in [1.165, 1.54) is 6.33 Å². The summed E-state index contributed by atoms with van der Waals surface area (Å²) in [6.45, 7) is 8.00.